The number of likely N-dealkylation sites (tertiary alicyclic amines) is 1. The number of nitrogens with zero attached hydrogens (tertiary/aromatic N) is 1. The van der Waals surface area contributed by atoms with Crippen LogP contribution in [-0.2, 0) is 9.53 Å². The molecule has 1 N–H and O–H groups in total. The van der Waals surface area contributed by atoms with E-state index < -0.39 is 18.1 Å². The Balaban J connectivity index is 1.34. The monoisotopic (exact) mass is 413 g/mol. The van der Waals surface area contributed by atoms with E-state index in [1.54, 1.807) is 0 Å². The highest BCUT2D eigenvalue weighted by Crippen LogP contribution is 2.44. The predicted molar refractivity (Wildman–Crippen MR) is 117 cm³/mol. The number of fused-ring (bicyclic) bond motifs is 3. The predicted octanol–water partition coefficient (Wildman–Crippen LogP) is 4.88. The van der Waals surface area contributed by atoms with Crippen molar-refractivity contribution in [3.05, 3.63) is 95.6 Å². The Morgan fingerprint density at radius 1 is 0.871 bits per heavy atom. The molecule has 0 radical (unpaired) electrons. The molecule has 1 saturated heterocycles. The number of aliphatic carboxylic acids is 1. The van der Waals surface area contributed by atoms with Gasteiger partial charge in [0.2, 0.25) is 0 Å². The van der Waals surface area contributed by atoms with Gasteiger partial charge in [0.05, 0.1) is 0 Å². The lowest BCUT2D eigenvalue weighted by Crippen LogP contribution is -2.41. The molecule has 0 spiro atoms. The van der Waals surface area contributed by atoms with Crippen LogP contribution in [0.4, 0.5) is 4.79 Å². The molecular weight excluding hydrogens is 390 g/mol. The zero-order valence-corrected chi connectivity index (χ0v) is 17.0. The molecule has 0 aromatic heterocycles. The summed E-state index contributed by atoms with van der Waals surface area (Å²) < 4.78 is 5.71. The number of hydrogen-bond donors (Lipinski definition) is 1. The van der Waals surface area contributed by atoms with Gasteiger partial charge in [-0.3, -0.25) is 4.90 Å². The van der Waals surface area contributed by atoms with Crippen molar-refractivity contribution < 1.29 is 19.4 Å². The van der Waals surface area contributed by atoms with Gasteiger partial charge in [0.1, 0.15) is 12.6 Å². The second-order valence-electron chi connectivity index (χ2n) is 8.15. The molecule has 1 heterocycles. The first kappa shape index (κ1) is 19.4. The summed E-state index contributed by atoms with van der Waals surface area (Å²) in [6.07, 6.45) is -0.170. The van der Waals surface area contributed by atoms with E-state index in [-0.39, 0.29) is 18.4 Å². The van der Waals surface area contributed by atoms with Crippen molar-refractivity contribution in [3.63, 3.8) is 0 Å². The molecule has 5 heteroatoms. The van der Waals surface area contributed by atoms with Crippen molar-refractivity contribution in [2.24, 2.45) is 0 Å². The first-order valence-electron chi connectivity index (χ1n) is 10.5. The van der Waals surface area contributed by atoms with Gasteiger partial charge in [-0.25, -0.2) is 9.59 Å². The average molecular weight is 413 g/mol. The topological polar surface area (TPSA) is 66.8 Å². The second kappa shape index (κ2) is 7.91. The normalized spacial score (nSPS) is 19.7. The Kier molecular flexibility index (Phi) is 4.94. The molecule has 31 heavy (non-hydrogen) atoms. The van der Waals surface area contributed by atoms with Crippen molar-refractivity contribution >= 4 is 12.1 Å². The van der Waals surface area contributed by atoms with Gasteiger partial charge in [-0.2, -0.15) is 0 Å². The quantitative estimate of drug-likeness (QED) is 0.662. The molecule has 156 valence electrons. The Morgan fingerprint density at radius 2 is 1.45 bits per heavy atom. The molecule has 0 saturated carbocycles. The van der Waals surface area contributed by atoms with Crippen LogP contribution in [-0.4, -0.2) is 41.3 Å². The van der Waals surface area contributed by atoms with Crippen molar-refractivity contribution in [1.82, 2.24) is 4.90 Å². The highest BCUT2D eigenvalue weighted by atomic mass is 16.6. The molecule has 3 aromatic rings. The SMILES string of the molecule is O=C(O)[C@@H]1C[C@@H](c2ccccc2)CN1C(=O)OCC1c2ccccc2-c2ccccc21. The van der Waals surface area contributed by atoms with Crippen molar-refractivity contribution in [1.29, 1.82) is 0 Å². The Morgan fingerprint density at radius 3 is 2.06 bits per heavy atom. The molecule has 5 rings (SSSR count). The largest absolute Gasteiger partial charge is 0.480 e. The van der Waals surface area contributed by atoms with E-state index in [1.165, 1.54) is 4.90 Å². The fraction of sp³-hybridized carbons (Fsp3) is 0.231. The minimum Gasteiger partial charge on any atom is -0.480 e. The van der Waals surface area contributed by atoms with Gasteiger partial charge >= 0.3 is 12.1 Å². The summed E-state index contributed by atoms with van der Waals surface area (Å²) in [5.74, 6) is -1.05. The average Bonchev–Trinajstić information content (AvgIpc) is 3.39. The van der Waals surface area contributed by atoms with Crippen LogP contribution in [0.3, 0.4) is 0 Å². The fourth-order valence-corrected chi connectivity index (χ4v) is 4.92. The number of hydrogen-bond acceptors (Lipinski definition) is 3. The third-order valence-electron chi connectivity index (χ3n) is 6.43. The first-order valence-corrected chi connectivity index (χ1v) is 10.5. The summed E-state index contributed by atoms with van der Waals surface area (Å²) in [6, 6.07) is 25.2. The maximum Gasteiger partial charge on any atom is 0.410 e. The van der Waals surface area contributed by atoms with Gasteiger partial charge in [0.15, 0.2) is 0 Å². The standard InChI is InChI=1S/C26H23NO4/c28-25(29)24-14-18(17-8-2-1-3-9-17)15-27(24)26(30)31-16-23-21-12-6-4-10-19(21)20-11-5-7-13-22(20)23/h1-13,18,23-24H,14-16H2,(H,28,29)/t18-,24+/m1/s1. The maximum atomic E-state index is 13.0. The number of amides is 1. The molecule has 0 unspecified atom stereocenters. The number of ether oxygens (including phenoxy) is 1. The summed E-state index contributed by atoms with van der Waals surface area (Å²) in [4.78, 5) is 26.2. The zero-order valence-electron chi connectivity index (χ0n) is 17.0. The van der Waals surface area contributed by atoms with E-state index in [0.29, 0.717) is 13.0 Å². The van der Waals surface area contributed by atoms with Gasteiger partial charge < -0.3 is 9.84 Å². The van der Waals surface area contributed by atoms with Crippen LogP contribution >= 0.6 is 0 Å². The third kappa shape index (κ3) is 3.46. The van der Waals surface area contributed by atoms with Crippen molar-refractivity contribution in [2.45, 2.75) is 24.3 Å². The molecule has 2 atom stereocenters. The summed E-state index contributed by atoms with van der Waals surface area (Å²) in [6.45, 7) is 0.531. The number of carbonyl (C=O) groups is 2. The lowest BCUT2D eigenvalue weighted by Gasteiger charge is -2.22. The molecule has 1 aliphatic carbocycles. The number of benzene rings is 3. The van der Waals surface area contributed by atoms with E-state index in [4.69, 9.17) is 4.74 Å². The van der Waals surface area contributed by atoms with Crippen LogP contribution in [0.15, 0.2) is 78.9 Å². The van der Waals surface area contributed by atoms with Gasteiger partial charge in [-0.05, 0) is 34.2 Å². The van der Waals surface area contributed by atoms with Crippen LogP contribution in [0, 0.1) is 0 Å². The summed E-state index contributed by atoms with van der Waals surface area (Å²) in [5, 5.41) is 9.69. The van der Waals surface area contributed by atoms with E-state index in [9.17, 15) is 14.7 Å². The molecular formula is C26H23NO4. The van der Waals surface area contributed by atoms with Crippen LogP contribution in [0.25, 0.3) is 11.1 Å². The smallest absolute Gasteiger partial charge is 0.410 e. The Hall–Kier alpha value is -3.60. The van der Waals surface area contributed by atoms with Crippen molar-refractivity contribution in [2.75, 3.05) is 13.2 Å². The minimum absolute atomic E-state index is 0.0113. The van der Waals surface area contributed by atoms with Gasteiger partial charge in [-0.15, -0.1) is 0 Å². The highest BCUT2D eigenvalue weighted by Gasteiger charge is 2.41. The first-order chi connectivity index (χ1) is 15.1. The van der Waals surface area contributed by atoms with E-state index in [1.807, 2.05) is 54.6 Å². The molecule has 3 aromatic carbocycles. The molecule has 2 aliphatic rings. The lowest BCUT2D eigenvalue weighted by molar-refractivity contribution is -0.141. The second-order valence-corrected chi connectivity index (χ2v) is 8.15. The summed E-state index contributed by atoms with van der Waals surface area (Å²) >= 11 is 0. The third-order valence-corrected chi connectivity index (χ3v) is 6.43. The van der Waals surface area contributed by atoms with Crippen LogP contribution in [0.2, 0.25) is 0 Å². The molecule has 1 aliphatic heterocycles. The number of carboxylic acids is 1. The zero-order chi connectivity index (χ0) is 21.4. The minimum atomic E-state index is -0.994. The van der Waals surface area contributed by atoms with Gasteiger partial charge in [0, 0.05) is 18.4 Å². The fourth-order valence-electron chi connectivity index (χ4n) is 4.92. The lowest BCUT2D eigenvalue weighted by atomic mass is 9.96. The van der Waals surface area contributed by atoms with Crippen LogP contribution in [0.1, 0.15) is 34.9 Å². The van der Waals surface area contributed by atoms with Crippen LogP contribution < -0.4 is 0 Å². The Labute approximate surface area is 180 Å². The van der Waals surface area contributed by atoms with Crippen molar-refractivity contribution in [3.8, 4) is 11.1 Å². The van der Waals surface area contributed by atoms with E-state index in [2.05, 4.69) is 24.3 Å². The molecule has 5 nitrogen and oxygen atoms in total. The summed E-state index contributed by atoms with van der Waals surface area (Å²) in [7, 11) is 0. The van der Waals surface area contributed by atoms with E-state index in [0.717, 1.165) is 27.8 Å². The number of rotatable bonds is 4. The maximum absolute atomic E-state index is 13.0. The van der Waals surface area contributed by atoms with Gasteiger partial charge in [0.25, 0.3) is 0 Å². The van der Waals surface area contributed by atoms with Crippen LogP contribution in [0.5, 0.6) is 0 Å². The summed E-state index contributed by atoms with van der Waals surface area (Å²) in [5.41, 5.74) is 5.63. The molecule has 1 amide bonds. The van der Waals surface area contributed by atoms with E-state index >= 15 is 0 Å². The number of carboxylic acid groups (broad SMARTS) is 1. The Bertz CT molecular complexity index is 1080. The molecule has 0 bridgehead atoms. The number of carbonyl (C=O) groups excluding carboxylic acids is 1. The highest BCUT2D eigenvalue weighted by molar-refractivity contribution is 5.82. The van der Waals surface area contributed by atoms with Gasteiger partial charge in [-0.1, -0.05) is 78.9 Å². The molecule has 1 fully saturated rings.